The average molecular weight is 1150 g/mol. The van der Waals surface area contributed by atoms with Crippen molar-refractivity contribution in [2.75, 3.05) is 13.2 Å². The predicted octanol–water partition coefficient (Wildman–Crippen LogP) is 25.7. The Labute approximate surface area is 513 Å². The summed E-state index contributed by atoms with van der Waals surface area (Å²) in [5.41, 5.74) is 0. The Balaban J connectivity index is 3.94. The van der Waals surface area contributed by atoms with Gasteiger partial charge in [0.15, 0.2) is 6.10 Å². The molecule has 0 spiro atoms. The molecule has 0 saturated carbocycles. The minimum Gasteiger partial charge on any atom is -0.462 e. The van der Waals surface area contributed by atoms with E-state index in [0.717, 1.165) is 57.8 Å². The minimum absolute atomic E-state index is 0.0650. The van der Waals surface area contributed by atoms with Gasteiger partial charge in [0.1, 0.15) is 13.2 Å². The van der Waals surface area contributed by atoms with Gasteiger partial charge in [-0.25, -0.2) is 0 Å². The van der Waals surface area contributed by atoms with Crippen molar-refractivity contribution in [1.82, 2.24) is 0 Å². The number of rotatable bonds is 70. The molecule has 0 bridgehead atoms. The Morgan fingerprint density at radius 3 is 0.610 bits per heavy atom. The molecule has 0 aliphatic rings. The van der Waals surface area contributed by atoms with Crippen LogP contribution < -0.4 is 0 Å². The topological polar surface area (TPSA) is 78.9 Å². The summed E-state index contributed by atoms with van der Waals surface area (Å²) in [5.74, 6) is -0.844. The third-order valence-electron chi connectivity index (χ3n) is 17.2. The van der Waals surface area contributed by atoms with E-state index in [1.165, 1.54) is 327 Å². The molecule has 0 aliphatic heterocycles. The number of carbonyl (C=O) groups is 3. The van der Waals surface area contributed by atoms with Crippen molar-refractivity contribution in [1.29, 1.82) is 0 Å². The lowest BCUT2D eigenvalue weighted by molar-refractivity contribution is -0.167. The van der Waals surface area contributed by atoms with Gasteiger partial charge in [-0.2, -0.15) is 0 Å². The van der Waals surface area contributed by atoms with Crippen molar-refractivity contribution >= 4 is 17.9 Å². The second kappa shape index (κ2) is 71.4. The Morgan fingerprint density at radius 1 is 0.232 bits per heavy atom. The summed E-state index contributed by atoms with van der Waals surface area (Å²) in [6, 6.07) is 0. The maximum atomic E-state index is 12.9. The fraction of sp³-hybridized carbons (Fsp3) is 0.908. The summed E-state index contributed by atoms with van der Waals surface area (Å²) in [6.07, 6.45) is 88.5. The first-order valence-electron chi connectivity index (χ1n) is 37.3. The third-order valence-corrected chi connectivity index (χ3v) is 17.2. The molecular formula is C76H144O6. The zero-order valence-electron chi connectivity index (χ0n) is 55.8. The van der Waals surface area contributed by atoms with Gasteiger partial charge in [0, 0.05) is 19.3 Å². The number of allylic oxidation sites excluding steroid dienone is 4. The monoisotopic (exact) mass is 1150 g/mol. The molecular weight excluding hydrogens is 1010 g/mol. The number of unbranched alkanes of at least 4 members (excludes halogenated alkanes) is 55. The van der Waals surface area contributed by atoms with Crippen molar-refractivity contribution in [3.63, 3.8) is 0 Å². The fourth-order valence-corrected chi connectivity index (χ4v) is 11.6. The largest absolute Gasteiger partial charge is 0.462 e. The van der Waals surface area contributed by atoms with Gasteiger partial charge in [-0.15, -0.1) is 0 Å². The lowest BCUT2D eigenvalue weighted by Gasteiger charge is -2.18. The maximum absolute atomic E-state index is 12.9. The van der Waals surface area contributed by atoms with E-state index < -0.39 is 6.10 Å². The van der Waals surface area contributed by atoms with Crippen molar-refractivity contribution in [3.8, 4) is 0 Å². The van der Waals surface area contributed by atoms with E-state index in [4.69, 9.17) is 14.2 Å². The first-order chi connectivity index (χ1) is 40.5. The van der Waals surface area contributed by atoms with Crippen LogP contribution >= 0.6 is 0 Å². The summed E-state index contributed by atoms with van der Waals surface area (Å²) in [6.45, 7) is 6.66. The summed E-state index contributed by atoms with van der Waals surface area (Å²) in [4.78, 5) is 38.2. The molecule has 0 aromatic heterocycles. The smallest absolute Gasteiger partial charge is 0.306 e. The third kappa shape index (κ3) is 68.7. The molecule has 0 N–H and O–H groups in total. The van der Waals surface area contributed by atoms with Gasteiger partial charge in [-0.1, -0.05) is 360 Å². The fourth-order valence-electron chi connectivity index (χ4n) is 11.6. The van der Waals surface area contributed by atoms with Crippen LogP contribution in [0.2, 0.25) is 0 Å². The lowest BCUT2D eigenvalue weighted by atomic mass is 10.0. The summed E-state index contributed by atoms with van der Waals surface area (Å²) < 4.78 is 16.9. The molecule has 1 unspecified atom stereocenters. The molecule has 0 heterocycles. The quantitative estimate of drug-likeness (QED) is 0.0261. The van der Waals surface area contributed by atoms with Crippen LogP contribution in [0.5, 0.6) is 0 Å². The molecule has 0 fully saturated rings. The van der Waals surface area contributed by atoms with Gasteiger partial charge < -0.3 is 14.2 Å². The average Bonchev–Trinajstić information content (AvgIpc) is 3.47. The Bertz CT molecular complexity index is 1320. The Hall–Kier alpha value is -2.11. The van der Waals surface area contributed by atoms with Gasteiger partial charge in [-0.3, -0.25) is 14.4 Å². The summed E-state index contributed by atoms with van der Waals surface area (Å²) >= 11 is 0. The molecule has 0 aliphatic carbocycles. The van der Waals surface area contributed by atoms with Crippen molar-refractivity contribution < 1.29 is 28.6 Å². The van der Waals surface area contributed by atoms with Gasteiger partial charge >= 0.3 is 17.9 Å². The molecule has 0 amide bonds. The van der Waals surface area contributed by atoms with E-state index in [1.807, 2.05) is 0 Å². The molecule has 484 valence electrons. The first-order valence-corrected chi connectivity index (χ1v) is 37.3. The summed E-state index contributed by atoms with van der Waals surface area (Å²) in [5, 5.41) is 0. The van der Waals surface area contributed by atoms with Crippen LogP contribution in [0.25, 0.3) is 0 Å². The van der Waals surface area contributed by atoms with Crippen molar-refractivity contribution in [2.24, 2.45) is 0 Å². The molecule has 82 heavy (non-hydrogen) atoms. The highest BCUT2D eigenvalue weighted by molar-refractivity contribution is 5.71. The number of carbonyl (C=O) groups excluding carboxylic acids is 3. The molecule has 0 aromatic rings. The molecule has 6 heteroatoms. The van der Waals surface area contributed by atoms with Crippen LogP contribution in [0.1, 0.15) is 425 Å². The zero-order chi connectivity index (χ0) is 59.2. The maximum Gasteiger partial charge on any atom is 0.306 e. The zero-order valence-corrected chi connectivity index (χ0v) is 55.8. The van der Waals surface area contributed by atoms with E-state index >= 15 is 0 Å². The molecule has 0 saturated heterocycles. The van der Waals surface area contributed by atoms with Gasteiger partial charge in [-0.05, 0) is 70.6 Å². The van der Waals surface area contributed by atoms with E-state index in [0.29, 0.717) is 19.3 Å². The van der Waals surface area contributed by atoms with Crippen LogP contribution in [-0.4, -0.2) is 37.2 Å². The number of hydrogen-bond acceptors (Lipinski definition) is 6. The Morgan fingerprint density at radius 2 is 0.402 bits per heavy atom. The second-order valence-corrected chi connectivity index (χ2v) is 25.6. The van der Waals surface area contributed by atoms with Gasteiger partial charge in [0.25, 0.3) is 0 Å². The van der Waals surface area contributed by atoms with E-state index in [-0.39, 0.29) is 31.1 Å². The lowest BCUT2D eigenvalue weighted by Crippen LogP contribution is -2.30. The van der Waals surface area contributed by atoms with Crippen LogP contribution in [0.15, 0.2) is 24.3 Å². The van der Waals surface area contributed by atoms with Crippen LogP contribution in [0, 0.1) is 0 Å². The van der Waals surface area contributed by atoms with Crippen LogP contribution in [-0.2, 0) is 28.6 Å². The number of ether oxygens (including phenoxy) is 3. The summed E-state index contributed by atoms with van der Waals surface area (Å²) in [7, 11) is 0. The molecule has 0 rings (SSSR count). The highest BCUT2D eigenvalue weighted by Crippen LogP contribution is 2.19. The van der Waals surface area contributed by atoms with Crippen molar-refractivity contribution in [2.45, 2.75) is 431 Å². The molecule has 0 aromatic carbocycles. The van der Waals surface area contributed by atoms with E-state index in [9.17, 15) is 14.4 Å². The molecule has 1 atom stereocenters. The molecule has 0 radical (unpaired) electrons. The SMILES string of the molecule is CCCCCCCCCC/C=C\CCCCCCCCCCCCCCCCCCCC(=O)OCC(COC(=O)CCCCCCCC)OC(=O)CCCCCCCCCCCCCCCCCCC/C=C\CCCCCCCCCC. The molecule has 6 nitrogen and oxygen atoms in total. The highest BCUT2D eigenvalue weighted by Gasteiger charge is 2.20. The Kier molecular flexibility index (Phi) is 69.5. The van der Waals surface area contributed by atoms with Crippen LogP contribution in [0.4, 0.5) is 0 Å². The van der Waals surface area contributed by atoms with Crippen LogP contribution in [0.3, 0.4) is 0 Å². The predicted molar refractivity (Wildman–Crippen MR) is 358 cm³/mol. The minimum atomic E-state index is -0.765. The second-order valence-electron chi connectivity index (χ2n) is 25.6. The normalized spacial score (nSPS) is 12.1. The van der Waals surface area contributed by atoms with E-state index in [1.54, 1.807) is 0 Å². The highest BCUT2D eigenvalue weighted by atomic mass is 16.6. The van der Waals surface area contributed by atoms with Gasteiger partial charge in [0.05, 0.1) is 0 Å². The first kappa shape index (κ1) is 79.9. The van der Waals surface area contributed by atoms with E-state index in [2.05, 4.69) is 45.1 Å². The standard InChI is InChI=1S/C76H144O6/c1-4-7-10-13-16-18-20-22-24-26-28-30-32-34-36-38-40-42-44-46-48-50-52-54-56-58-60-63-66-69-75(78)81-72-73(71-80-74(77)68-65-62-15-12-9-6-3)82-76(79)70-67-64-61-59-57-55-53-51-49-47-45-43-41-39-37-35-33-31-29-27-25-23-21-19-17-14-11-8-5-2/h26-29,73H,4-25,30-72H2,1-3H3/b28-26-,29-27-. The van der Waals surface area contributed by atoms with Gasteiger partial charge in [0.2, 0.25) is 0 Å². The number of hydrogen-bond donors (Lipinski definition) is 0. The van der Waals surface area contributed by atoms with Crippen molar-refractivity contribution in [3.05, 3.63) is 24.3 Å². The number of esters is 3.